The van der Waals surface area contributed by atoms with Gasteiger partial charge in [-0.25, -0.2) is 0 Å². The summed E-state index contributed by atoms with van der Waals surface area (Å²) in [5.41, 5.74) is 3.92. The molecule has 5 heteroatoms. The summed E-state index contributed by atoms with van der Waals surface area (Å²) in [7, 11) is 1.56. The van der Waals surface area contributed by atoms with Gasteiger partial charge in [0.25, 0.3) is 11.8 Å². The minimum Gasteiger partial charge on any atom is -0.375 e. The lowest BCUT2D eigenvalue weighted by Gasteiger charge is -2.28. The van der Waals surface area contributed by atoms with E-state index in [1.807, 2.05) is 46.2 Å². The maximum Gasteiger partial charge on any atom is 0.254 e. The molecule has 1 heterocycles. The van der Waals surface area contributed by atoms with Crippen LogP contribution in [-0.4, -0.2) is 43.5 Å². The highest BCUT2D eigenvalue weighted by molar-refractivity contribution is 5.96. The molecule has 0 aliphatic carbocycles. The fraction of sp³-hybridized carbons (Fsp3) is 0.548. The highest BCUT2D eigenvalue weighted by Crippen LogP contribution is 2.25. The summed E-state index contributed by atoms with van der Waals surface area (Å²) < 4.78 is 5.17. The standard InChI is InChI=1S/C31H44N2O3/c1-3-4-5-10-15-26-18-20-27(21-19-26)31(35)32-22-13-8-6-7-9-14-23-33(30(34)25-36-2)29-17-12-11-16-28(29)24-32/h11-12,16-21H,3-10,13-15,22-25H2,1-2H3. The average Bonchev–Trinajstić information content (AvgIpc) is 2.91. The first kappa shape index (κ1) is 27.9. The molecule has 2 aromatic carbocycles. The number of nitrogens with zero attached hydrogens (tertiary/aromatic N) is 2. The summed E-state index contributed by atoms with van der Waals surface area (Å²) in [5, 5.41) is 0. The molecule has 196 valence electrons. The Bertz CT molecular complexity index is 941. The number of hydrogen-bond donors (Lipinski definition) is 0. The third kappa shape index (κ3) is 8.48. The number of hydrogen-bond acceptors (Lipinski definition) is 3. The summed E-state index contributed by atoms with van der Waals surface area (Å²) in [5.74, 6) is 0.0270. The van der Waals surface area contributed by atoms with Crippen LogP contribution < -0.4 is 4.90 Å². The number of unbranched alkanes of at least 4 members (excludes halogenated alkanes) is 3. The van der Waals surface area contributed by atoms with Crippen LogP contribution in [0.4, 0.5) is 5.69 Å². The lowest BCUT2D eigenvalue weighted by molar-refractivity contribution is -0.122. The highest BCUT2D eigenvalue weighted by Gasteiger charge is 2.22. The molecule has 3 rings (SSSR count). The van der Waals surface area contributed by atoms with Crippen LogP contribution in [0.5, 0.6) is 0 Å². The first-order chi connectivity index (χ1) is 17.6. The number of benzene rings is 2. The number of fused-ring (bicyclic) bond motifs is 1. The molecule has 1 aliphatic heterocycles. The minimum absolute atomic E-state index is 0.0350. The molecule has 1 aliphatic rings. The molecule has 0 saturated carbocycles. The van der Waals surface area contributed by atoms with E-state index in [4.69, 9.17) is 4.74 Å². The van der Waals surface area contributed by atoms with Crippen molar-refractivity contribution in [2.75, 3.05) is 31.7 Å². The van der Waals surface area contributed by atoms with Crippen LogP contribution >= 0.6 is 0 Å². The van der Waals surface area contributed by atoms with Gasteiger partial charge in [-0.2, -0.15) is 0 Å². The summed E-state index contributed by atoms with van der Waals surface area (Å²) in [6.45, 7) is 4.17. The first-order valence-electron chi connectivity index (χ1n) is 13.9. The first-order valence-corrected chi connectivity index (χ1v) is 13.9. The van der Waals surface area contributed by atoms with Crippen molar-refractivity contribution in [2.45, 2.75) is 84.1 Å². The van der Waals surface area contributed by atoms with Gasteiger partial charge in [0.05, 0.1) is 0 Å². The van der Waals surface area contributed by atoms with E-state index in [9.17, 15) is 9.59 Å². The van der Waals surface area contributed by atoms with E-state index in [2.05, 4.69) is 19.1 Å². The molecule has 0 aromatic heterocycles. The second-order valence-electron chi connectivity index (χ2n) is 9.96. The van der Waals surface area contributed by atoms with Crippen molar-refractivity contribution in [1.82, 2.24) is 4.90 Å². The van der Waals surface area contributed by atoms with E-state index in [1.165, 1.54) is 31.2 Å². The fourth-order valence-electron chi connectivity index (χ4n) is 4.98. The van der Waals surface area contributed by atoms with Crippen LogP contribution in [-0.2, 0) is 22.5 Å². The molecule has 36 heavy (non-hydrogen) atoms. The van der Waals surface area contributed by atoms with Gasteiger partial charge in [0.15, 0.2) is 0 Å². The topological polar surface area (TPSA) is 49.9 Å². The van der Waals surface area contributed by atoms with Gasteiger partial charge in [-0.05, 0) is 55.0 Å². The smallest absolute Gasteiger partial charge is 0.254 e. The molecule has 0 N–H and O–H groups in total. The Morgan fingerprint density at radius 3 is 2.25 bits per heavy atom. The molecule has 0 atom stereocenters. The van der Waals surface area contributed by atoms with Crippen LogP contribution in [0.3, 0.4) is 0 Å². The molecule has 2 aromatic rings. The Hall–Kier alpha value is -2.66. The van der Waals surface area contributed by atoms with Gasteiger partial charge in [-0.3, -0.25) is 9.59 Å². The normalized spacial score (nSPS) is 15.4. The predicted molar refractivity (Wildman–Crippen MR) is 147 cm³/mol. The maximum absolute atomic E-state index is 13.6. The van der Waals surface area contributed by atoms with Crippen molar-refractivity contribution in [3.63, 3.8) is 0 Å². The van der Waals surface area contributed by atoms with Crippen LogP contribution in [0.2, 0.25) is 0 Å². The van der Waals surface area contributed by atoms with Crippen molar-refractivity contribution < 1.29 is 14.3 Å². The number of carbonyl (C=O) groups is 2. The Kier molecular flexibility index (Phi) is 12.0. The Morgan fingerprint density at radius 1 is 0.833 bits per heavy atom. The molecule has 0 saturated heterocycles. The number of methoxy groups -OCH3 is 1. The van der Waals surface area contributed by atoms with Crippen molar-refractivity contribution in [1.29, 1.82) is 0 Å². The van der Waals surface area contributed by atoms with E-state index in [1.54, 1.807) is 7.11 Å². The lowest BCUT2D eigenvalue weighted by atomic mass is 10.0. The second kappa shape index (κ2) is 15.5. The molecule has 2 amide bonds. The Balaban J connectivity index is 1.81. The quantitative estimate of drug-likeness (QED) is 0.381. The van der Waals surface area contributed by atoms with E-state index < -0.39 is 0 Å². The van der Waals surface area contributed by atoms with Crippen molar-refractivity contribution in [3.05, 3.63) is 65.2 Å². The lowest BCUT2D eigenvalue weighted by Crippen LogP contribution is -2.37. The molecular weight excluding hydrogens is 448 g/mol. The van der Waals surface area contributed by atoms with Crippen LogP contribution in [0.25, 0.3) is 0 Å². The highest BCUT2D eigenvalue weighted by atomic mass is 16.5. The van der Waals surface area contributed by atoms with Gasteiger partial charge in [-0.15, -0.1) is 0 Å². The summed E-state index contributed by atoms with van der Waals surface area (Å²) in [6.07, 6.45) is 12.5. The van der Waals surface area contributed by atoms with Gasteiger partial charge in [0.2, 0.25) is 0 Å². The number of para-hydroxylation sites is 1. The van der Waals surface area contributed by atoms with Gasteiger partial charge in [0.1, 0.15) is 6.61 Å². The van der Waals surface area contributed by atoms with Crippen LogP contribution in [0, 0.1) is 0 Å². The number of ether oxygens (including phenoxy) is 1. The van der Waals surface area contributed by atoms with Crippen molar-refractivity contribution in [2.24, 2.45) is 0 Å². The number of carbonyl (C=O) groups excluding carboxylic acids is 2. The monoisotopic (exact) mass is 492 g/mol. The molecule has 5 nitrogen and oxygen atoms in total. The molecule has 0 spiro atoms. The molecule has 0 fully saturated rings. The summed E-state index contributed by atoms with van der Waals surface area (Å²) in [6, 6.07) is 16.2. The molecule has 0 unspecified atom stereocenters. The van der Waals surface area contributed by atoms with Crippen LogP contribution in [0.15, 0.2) is 48.5 Å². The zero-order chi connectivity index (χ0) is 25.6. The number of rotatable bonds is 8. The van der Waals surface area contributed by atoms with Gasteiger partial charge in [-0.1, -0.05) is 82.2 Å². The van der Waals surface area contributed by atoms with Crippen LogP contribution in [0.1, 0.15) is 92.6 Å². The average molecular weight is 493 g/mol. The van der Waals surface area contributed by atoms with Gasteiger partial charge >= 0.3 is 0 Å². The summed E-state index contributed by atoms with van der Waals surface area (Å²) in [4.78, 5) is 30.4. The predicted octanol–water partition coefficient (Wildman–Crippen LogP) is 6.79. The van der Waals surface area contributed by atoms with Crippen molar-refractivity contribution >= 4 is 17.5 Å². The van der Waals surface area contributed by atoms with Gasteiger partial charge in [0, 0.05) is 38.0 Å². The van der Waals surface area contributed by atoms with Gasteiger partial charge < -0.3 is 14.5 Å². The zero-order valence-electron chi connectivity index (χ0n) is 22.3. The third-order valence-corrected chi connectivity index (χ3v) is 7.08. The number of amides is 2. The SMILES string of the molecule is CCCCCCc1ccc(C(=O)N2CCCCCCCCN(C(=O)COC)c3ccccc3C2)cc1. The Morgan fingerprint density at radius 2 is 1.53 bits per heavy atom. The number of aryl methyl sites for hydroxylation is 1. The third-order valence-electron chi connectivity index (χ3n) is 7.08. The molecule has 0 radical (unpaired) electrons. The Labute approximate surface area is 217 Å². The maximum atomic E-state index is 13.6. The van der Waals surface area contributed by atoms with E-state index in [0.717, 1.165) is 68.3 Å². The largest absolute Gasteiger partial charge is 0.375 e. The van der Waals surface area contributed by atoms with Crippen molar-refractivity contribution in [3.8, 4) is 0 Å². The zero-order valence-corrected chi connectivity index (χ0v) is 22.3. The minimum atomic E-state index is -0.0350. The molecule has 0 bridgehead atoms. The van der Waals surface area contributed by atoms with E-state index in [0.29, 0.717) is 13.1 Å². The van der Waals surface area contributed by atoms with E-state index in [-0.39, 0.29) is 18.4 Å². The number of anilines is 1. The van der Waals surface area contributed by atoms with E-state index >= 15 is 0 Å². The fourth-order valence-corrected chi connectivity index (χ4v) is 4.98. The summed E-state index contributed by atoms with van der Waals surface area (Å²) >= 11 is 0. The molecular formula is C31H44N2O3. The second-order valence-corrected chi connectivity index (χ2v) is 9.96.